The lowest BCUT2D eigenvalue weighted by Crippen LogP contribution is -2.14. The van der Waals surface area contributed by atoms with Gasteiger partial charge in [0, 0.05) is 18.9 Å². The van der Waals surface area contributed by atoms with Gasteiger partial charge in [0.25, 0.3) is 0 Å². The van der Waals surface area contributed by atoms with Gasteiger partial charge in [0.15, 0.2) is 5.84 Å². The van der Waals surface area contributed by atoms with E-state index in [0.29, 0.717) is 0 Å². The summed E-state index contributed by atoms with van der Waals surface area (Å²) in [6, 6.07) is 14.0. The maximum Gasteiger partial charge on any atom is 0.151 e. The molecular weight excluding hydrogens is 234 g/mol. The van der Waals surface area contributed by atoms with Crippen LogP contribution in [0.3, 0.4) is 0 Å². The van der Waals surface area contributed by atoms with Crippen LogP contribution in [0.1, 0.15) is 25.1 Å². The lowest BCUT2D eigenvalue weighted by molar-refractivity contribution is 1.26. The molecule has 0 bridgehead atoms. The van der Waals surface area contributed by atoms with E-state index in [-0.39, 0.29) is 0 Å². The number of anilines is 1. The van der Waals surface area contributed by atoms with Crippen LogP contribution < -0.4 is 5.32 Å². The molecule has 2 rings (SSSR count). The van der Waals surface area contributed by atoms with Crippen LogP contribution in [0.4, 0.5) is 5.69 Å². The number of aryl methyl sites for hydroxylation is 1. The van der Waals surface area contributed by atoms with E-state index in [9.17, 15) is 0 Å². The molecule has 0 radical (unpaired) electrons. The number of nitrogens with zero attached hydrogens (tertiary/aromatic N) is 2. The number of benzene rings is 1. The third-order valence-electron chi connectivity index (χ3n) is 2.41. The number of nitrogens with one attached hydrogen (secondary N) is 1. The number of hydrogen-bond acceptors (Lipinski definition) is 2. The Balaban J connectivity index is 0.000000861. The highest BCUT2D eigenvalue weighted by Gasteiger charge is 2.03. The lowest BCUT2D eigenvalue weighted by atomic mass is 10.2. The molecule has 1 aromatic carbocycles. The van der Waals surface area contributed by atoms with Gasteiger partial charge in [-0.25, -0.2) is 0 Å². The lowest BCUT2D eigenvalue weighted by Gasteiger charge is -2.09. The Hall–Kier alpha value is -2.16. The van der Waals surface area contributed by atoms with Gasteiger partial charge in [0.05, 0.1) is 0 Å². The van der Waals surface area contributed by atoms with Gasteiger partial charge < -0.3 is 5.32 Å². The molecule has 0 fully saturated rings. The van der Waals surface area contributed by atoms with E-state index < -0.39 is 0 Å². The quantitative estimate of drug-likeness (QED) is 0.652. The predicted molar refractivity (Wildman–Crippen MR) is 82.8 cm³/mol. The van der Waals surface area contributed by atoms with E-state index in [1.807, 2.05) is 44.2 Å². The molecule has 0 amide bonds. The average molecular weight is 255 g/mol. The van der Waals surface area contributed by atoms with Crippen molar-refractivity contribution in [2.45, 2.75) is 20.8 Å². The van der Waals surface area contributed by atoms with Crippen LogP contribution in [-0.2, 0) is 0 Å². The average Bonchev–Trinajstić information content (AvgIpc) is 2.48. The molecular formula is C16H21N3. The Morgan fingerprint density at radius 2 is 1.89 bits per heavy atom. The minimum absolute atomic E-state index is 0.774. The van der Waals surface area contributed by atoms with Crippen molar-refractivity contribution in [3.8, 4) is 0 Å². The summed E-state index contributed by atoms with van der Waals surface area (Å²) < 4.78 is 0. The van der Waals surface area contributed by atoms with Gasteiger partial charge >= 0.3 is 0 Å². The van der Waals surface area contributed by atoms with Crippen molar-refractivity contribution in [3.05, 3.63) is 59.9 Å². The van der Waals surface area contributed by atoms with Crippen LogP contribution in [0.5, 0.6) is 0 Å². The molecule has 1 aromatic heterocycles. The van der Waals surface area contributed by atoms with Crippen molar-refractivity contribution in [1.82, 2.24) is 4.98 Å². The van der Waals surface area contributed by atoms with Crippen LogP contribution in [0.25, 0.3) is 0 Å². The van der Waals surface area contributed by atoms with Crippen LogP contribution in [-0.4, -0.2) is 17.9 Å². The number of rotatable bonds is 2. The highest BCUT2D eigenvalue weighted by molar-refractivity contribution is 6.06. The van der Waals surface area contributed by atoms with Gasteiger partial charge in [-0.1, -0.05) is 32.0 Å². The predicted octanol–water partition coefficient (Wildman–Crippen LogP) is 3.90. The fraction of sp³-hybridized carbons (Fsp3) is 0.250. The molecule has 0 saturated heterocycles. The number of pyridine rings is 1. The first-order chi connectivity index (χ1) is 9.29. The number of hydrogen-bond donors (Lipinski definition) is 1. The van der Waals surface area contributed by atoms with Gasteiger partial charge in [-0.3, -0.25) is 9.98 Å². The second kappa shape index (κ2) is 8.03. The summed E-state index contributed by atoms with van der Waals surface area (Å²) >= 11 is 0. The summed E-state index contributed by atoms with van der Waals surface area (Å²) in [7, 11) is 1.76. The minimum Gasteiger partial charge on any atom is -0.339 e. The van der Waals surface area contributed by atoms with E-state index >= 15 is 0 Å². The molecule has 0 spiro atoms. The third kappa shape index (κ3) is 4.54. The van der Waals surface area contributed by atoms with E-state index in [1.54, 1.807) is 13.2 Å². The van der Waals surface area contributed by atoms with Crippen molar-refractivity contribution < 1.29 is 0 Å². The van der Waals surface area contributed by atoms with Gasteiger partial charge in [-0.05, 0) is 36.8 Å². The van der Waals surface area contributed by atoms with E-state index in [4.69, 9.17) is 0 Å². The number of aromatic nitrogens is 1. The maximum absolute atomic E-state index is 4.28. The first-order valence-electron chi connectivity index (χ1n) is 6.51. The van der Waals surface area contributed by atoms with E-state index in [1.165, 1.54) is 5.56 Å². The van der Waals surface area contributed by atoms with Crippen molar-refractivity contribution in [2.75, 3.05) is 12.4 Å². The third-order valence-corrected chi connectivity index (χ3v) is 2.41. The zero-order chi connectivity index (χ0) is 14.1. The van der Waals surface area contributed by atoms with Crippen molar-refractivity contribution in [3.63, 3.8) is 0 Å². The second-order valence-corrected chi connectivity index (χ2v) is 3.78. The zero-order valence-corrected chi connectivity index (χ0v) is 12.0. The van der Waals surface area contributed by atoms with Crippen LogP contribution >= 0.6 is 0 Å². The van der Waals surface area contributed by atoms with Gasteiger partial charge in [-0.2, -0.15) is 0 Å². The van der Waals surface area contributed by atoms with Gasteiger partial charge in [0.2, 0.25) is 0 Å². The molecule has 1 N–H and O–H groups in total. The largest absolute Gasteiger partial charge is 0.339 e. The Bertz CT molecular complexity index is 519. The van der Waals surface area contributed by atoms with Gasteiger partial charge in [-0.15, -0.1) is 0 Å². The molecule has 0 aliphatic rings. The molecule has 0 aliphatic carbocycles. The normalized spacial score (nSPS) is 10.4. The van der Waals surface area contributed by atoms with Crippen molar-refractivity contribution in [1.29, 1.82) is 0 Å². The smallest absolute Gasteiger partial charge is 0.151 e. The Morgan fingerprint density at radius 1 is 1.11 bits per heavy atom. The Labute approximate surface area is 115 Å². The molecule has 3 heteroatoms. The Kier molecular flexibility index (Phi) is 6.30. The minimum atomic E-state index is 0.774. The summed E-state index contributed by atoms with van der Waals surface area (Å²) in [5.41, 5.74) is 3.08. The summed E-state index contributed by atoms with van der Waals surface area (Å²) in [6.45, 7) is 6.06. The molecule has 3 nitrogen and oxygen atoms in total. The van der Waals surface area contributed by atoms with Crippen molar-refractivity contribution >= 4 is 11.5 Å². The monoisotopic (exact) mass is 255 g/mol. The van der Waals surface area contributed by atoms with Gasteiger partial charge in [0.1, 0.15) is 5.69 Å². The molecule has 19 heavy (non-hydrogen) atoms. The molecule has 0 atom stereocenters. The molecule has 1 heterocycles. The van der Waals surface area contributed by atoms with E-state index in [0.717, 1.165) is 17.2 Å². The van der Waals surface area contributed by atoms with E-state index in [2.05, 4.69) is 34.3 Å². The second-order valence-electron chi connectivity index (χ2n) is 3.78. The Morgan fingerprint density at radius 3 is 2.47 bits per heavy atom. The maximum atomic E-state index is 4.28. The summed E-state index contributed by atoms with van der Waals surface area (Å²) in [5, 5.41) is 3.27. The topological polar surface area (TPSA) is 37.3 Å². The standard InChI is InChI=1S/C14H15N3.C2H6/c1-11-6-5-7-12(10-11)17-14(15-2)13-8-3-4-9-16-13;1-2/h3-10H,1-2H3,(H,15,17);1-2H3. The van der Waals surface area contributed by atoms with Crippen LogP contribution in [0, 0.1) is 6.92 Å². The first kappa shape index (κ1) is 14.9. The number of amidine groups is 1. The summed E-state index contributed by atoms with van der Waals surface area (Å²) in [5.74, 6) is 0.774. The zero-order valence-electron chi connectivity index (χ0n) is 12.0. The van der Waals surface area contributed by atoms with Crippen LogP contribution in [0.15, 0.2) is 53.7 Å². The fourth-order valence-electron chi connectivity index (χ4n) is 1.60. The SMILES string of the molecule is CC.CN=C(Nc1cccc(C)c1)c1ccccn1. The molecule has 2 aromatic rings. The van der Waals surface area contributed by atoms with Crippen molar-refractivity contribution in [2.24, 2.45) is 4.99 Å². The first-order valence-corrected chi connectivity index (χ1v) is 6.51. The highest BCUT2D eigenvalue weighted by Crippen LogP contribution is 2.11. The molecule has 0 unspecified atom stereocenters. The van der Waals surface area contributed by atoms with Crippen LogP contribution in [0.2, 0.25) is 0 Å². The number of aliphatic imine (C=N–C) groups is 1. The highest BCUT2D eigenvalue weighted by atomic mass is 15.0. The molecule has 0 saturated carbocycles. The molecule has 0 aliphatic heterocycles. The fourth-order valence-corrected chi connectivity index (χ4v) is 1.60. The summed E-state index contributed by atoms with van der Waals surface area (Å²) in [6.07, 6.45) is 1.76. The molecule has 100 valence electrons. The summed E-state index contributed by atoms with van der Waals surface area (Å²) in [4.78, 5) is 8.50.